The third-order valence-electron chi connectivity index (χ3n) is 4.65. The second kappa shape index (κ2) is 7.15. The summed E-state index contributed by atoms with van der Waals surface area (Å²) in [6.45, 7) is 8.31. The van der Waals surface area contributed by atoms with Crippen LogP contribution >= 0.6 is 0 Å². The summed E-state index contributed by atoms with van der Waals surface area (Å²) in [7, 11) is -4.04. The molecule has 1 aromatic carbocycles. The van der Waals surface area contributed by atoms with E-state index in [0.29, 0.717) is 13.2 Å². The maximum Gasteiger partial charge on any atom is 0.494 e. The van der Waals surface area contributed by atoms with Gasteiger partial charge in [-0.3, -0.25) is 0 Å². The van der Waals surface area contributed by atoms with Crippen LogP contribution in [-0.2, 0) is 18.8 Å². The second-order valence-electron chi connectivity index (χ2n) is 7.02. The van der Waals surface area contributed by atoms with Crippen molar-refractivity contribution in [1.82, 2.24) is 0 Å². The Hall–Kier alpha value is -1.28. The first-order valence-corrected chi connectivity index (χ1v) is 8.24. The molecule has 0 unspecified atom stereocenters. The van der Waals surface area contributed by atoms with Crippen molar-refractivity contribution in [3.63, 3.8) is 0 Å². The zero-order valence-corrected chi connectivity index (χ0v) is 14.9. The standard InChI is InChI=1S/C18H27BO6/c1-17(2)18(3,4)25-19(24-17)13-6-7-15(16(10-13)20-5)23-12-14-11-21-8-9-22-14/h6-7,10,14H,8-9,11-12H2,1-5H3/t14-/m1/s1/i5D3,6D,7D,10D. The fourth-order valence-corrected chi connectivity index (χ4v) is 2.45. The molecule has 2 aliphatic heterocycles. The van der Waals surface area contributed by atoms with Crippen LogP contribution in [0.2, 0.25) is 0 Å². The minimum Gasteiger partial charge on any atom is -0.493 e. The highest BCUT2D eigenvalue weighted by atomic mass is 16.7. The highest BCUT2D eigenvalue weighted by Crippen LogP contribution is 2.37. The van der Waals surface area contributed by atoms with Gasteiger partial charge in [-0.2, -0.15) is 0 Å². The molecule has 2 saturated heterocycles. The molecule has 1 aromatic rings. The zero-order chi connectivity index (χ0) is 23.2. The molecule has 2 fully saturated rings. The predicted octanol–water partition coefficient (Wildman–Crippen LogP) is 1.79. The van der Waals surface area contributed by atoms with Gasteiger partial charge in [0.1, 0.15) is 12.7 Å². The summed E-state index contributed by atoms with van der Waals surface area (Å²) < 4.78 is 81.2. The summed E-state index contributed by atoms with van der Waals surface area (Å²) in [5.41, 5.74) is -1.60. The van der Waals surface area contributed by atoms with E-state index in [1.54, 1.807) is 0 Å². The Morgan fingerprint density at radius 3 is 2.60 bits per heavy atom. The lowest BCUT2D eigenvalue weighted by Gasteiger charge is -2.32. The minimum absolute atomic E-state index is 0.0576. The van der Waals surface area contributed by atoms with Crippen molar-refractivity contribution >= 4 is 12.6 Å². The summed E-state index contributed by atoms with van der Waals surface area (Å²) in [4.78, 5) is 0. The van der Waals surface area contributed by atoms with Crippen molar-refractivity contribution in [2.75, 3.05) is 33.5 Å². The first-order valence-electron chi connectivity index (χ1n) is 11.2. The molecule has 0 saturated carbocycles. The average Bonchev–Trinajstić information content (AvgIpc) is 2.86. The maximum atomic E-state index is 8.58. The normalized spacial score (nSPS) is 29.0. The van der Waals surface area contributed by atoms with Crippen molar-refractivity contribution < 1.29 is 36.5 Å². The lowest BCUT2D eigenvalue weighted by Crippen LogP contribution is -2.41. The number of rotatable bonds is 5. The molecule has 0 N–H and O–H groups in total. The van der Waals surface area contributed by atoms with Gasteiger partial charge in [-0.1, -0.05) is 6.04 Å². The Labute approximate surface area is 158 Å². The molecule has 0 amide bonds. The van der Waals surface area contributed by atoms with Gasteiger partial charge in [0.15, 0.2) is 11.5 Å². The largest absolute Gasteiger partial charge is 0.494 e. The van der Waals surface area contributed by atoms with Crippen LogP contribution in [0, 0.1) is 0 Å². The Bertz CT molecular complexity index is 809. The molecule has 0 bridgehead atoms. The van der Waals surface area contributed by atoms with Crippen LogP contribution in [0.15, 0.2) is 18.1 Å². The number of ether oxygens (including phenoxy) is 4. The van der Waals surface area contributed by atoms with Crippen molar-refractivity contribution in [3.05, 3.63) is 18.1 Å². The van der Waals surface area contributed by atoms with Gasteiger partial charge < -0.3 is 28.3 Å². The molecule has 2 aliphatic rings. The predicted molar refractivity (Wildman–Crippen MR) is 94.8 cm³/mol. The van der Waals surface area contributed by atoms with E-state index >= 15 is 0 Å². The van der Waals surface area contributed by atoms with Gasteiger partial charge in [0, 0.05) is 0 Å². The Balaban J connectivity index is 2.02. The molecule has 7 heteroatoms. The van der Waals surface area contributed by atoms with Crippen LogP contribution in [0.25, 0.3) is 0 Å². The van der Waals surface area contributed by atoms with Crippen LogP contribution in [0.3, 0.4) is 0 Å². The van der Waals surface area contributed by atoms with Gasteiger partial charge in [0.25, 0.3) is 0 Å². The lowest BCUT2D eigenvalue weighted by molar-refractivity contribution is -0.101. The smallest absolute Gasteiger partial charge is 0.493 e. The number of hydrogen-bond donors (Lipinski definition) is 0. The molecule has 0 aliphatic carbocycles. The van der Waals surface area contributed by atoms with E-state index in [-0.39, 0.29) is 30.5 Å². The van der Waals surface area contributed by atoms with Crippen molar-refractivity contribution in [3.8, 4) is 11.5 Å². The summed E-state index contributed by atoms with van der Waals surface area (Å²) in [5, 5.41) is 0. The molecule has 0 radical (unpaired) electrons. The maximum absolute atomic E-state index is 8.58. The van der Waals surface area contributed by atoms with Gasteiger partial charge >= 0.3 is 7.12 Å². The van der Waals surface area contributed by atoms with Crippen LogP contribution in [0.4, 0.5) is 0 Å². The molecule has 138 valence electrons. The van der Waals surface area contributed by atoms with Crippen molar-refractivity contribution in [2.45, 2.75) is 45.0 Å². The van der Waals surface area contributed by atoms with Crippen LogP contribution < -0.4 is 14.9 Å². The molecule has 6 nitrogen and oxygen atoms in total. The van der Waals surface area contributed by atoms with Gasteiger partial charge in [-0.25, -0.2) is 0 Å². The summed E-state index contributed by atoms with van der Waals surface area (Å²) in [6.07, 6.45) is -0.431. The average molecular weight is 356 g/mol. The molecule has 0 aromatic heterocycles. The minimum atomic E-state index is -2.90. The molecule has 2 heterocycles. The highest BCUT2D eigenvalue weighted by Gasteiger charge is 2.51. The van der Waals surface area contributed by atoms with Gasteiger partial charge in [-0.05, 0) is 45.2 Å². The van der Waals surface area contributed by atoms with Crippen LogP contribution in [-0.4, -0.2) is 57.9 Å². The molecular weight excluding hydrogens is 323 g/mol. The van der Waals surface area contributed by atoms with E-state index in [1.165, 1.54) is 0 Å². The SMILES string of the molecule is [2H]c1c([2H])c(B2OC(C)(C)C(C)(C)O2)c([2H])c(OC([2H])([2H])[2H])c1OC[C@H]1COCCO1. The van der Waals surface area contributed by atoms with Crippen LogP contribution in [0.5, 0.6) is 11.5 Å². The molecule has 25 heavy (non-hydrogen) atoms. The summed E-state index contributed by atoms with van der Waals surface area (Å²) >= 11 is 0. The second-order valence-corrected chi connectivity index (χ2v) is 7.02. The molecule has 1 atom stereocenters. The number of hydrogen-bond acceptors (Lipinski definition) is 6. The fraction of sp³-hybridized carbons (Fsp3) is 0.667. The number of methoxy groups -OCH3 is 1. The molecular formula is C18H27BO6. The Kier molecular flexibility index (Phi) is 3.48. The topological polar surface area (TPSA) is 55.4 Å². The highest BCUT2D eigenvalue weighted by molar-refractivity contribution is 6.62. The first kappa shape index (κ1) is 12.2. The van der Waals surface area contributed by atoms with Crippen molar-refractivity contribution in [2.24, 2.45) is 0 Å². The summed E-state index contributed by atoms with van der Waals surface area (Å²) in [6, 6.07) is -1.24. The monoisotopic (exact) mass is 356 g/mol. The third kappa shape index (κ3) is 3.95. The van der Waals surface area contributed by atoms with Gasteiger partial charge in [0.05, 0.1) is 46.3 Å². The Morgan fingerprint density at radius 1 is 1.20 bits per heavy atom. The van der Waals surface area contributed by atoms with Gasteiger partial charge in [-0.15, -0.1) is 0 Å². The van der Waals surface area contributed by atoms with E-state index in [0.717, 1.165) is 0 Å². The van der Waals surface area contributed by atoms with E-state index in [1.807, 2.05) is 27.7 Å². The van der Waals surface area contributed by atoms with Crippen LogP contribution in [0.1, 0.15) is 35.9 Å². The van der Waals surface area contributed by atoms with Crippen molar-refractivity contribution in [1.29, 1.82) is 0 Å². The molecule has 3 rings (SSSR count). The zero-order valence-electron chi connectivity index (χ0n) is 20.9. The molecule has 0 spiro atoms. The Morgan fingerprint density at radius 2 is 1.96 bits per heavy atom. The quantitative estimate of drug-likeness (QED) is 0.750. The number of benzene rings is 1. The van der Waals surface area contributed by atoms with E-state index in [9.17, 15) is 0 Å². The van der Waals surface area contributed by atoms with Gasteiger partial charge in [0.2, 0.25) is 0 Å². The summed E-state index contributed by atoms with van der Waals surface area (Å²) in [5.74, 6) is -0.789. The third-order valence-corrected chi connectivity index (χ3v) is 4.65. The van der Waals surface area contributed by atoms with E-state index in [4.69, 9.17) is 36.5 Å². The first-order chi connectivity index (χ1) is 14.2. The fourth-order valence-electron chi connectivity index (χ4n) is 2.45. The van der Waals surface area contributed by atoms with E-state index in [2.05, 4.69) is 0 Å². The lowest BCUT2D eigenvalue weighted by atomic mass is 9.79. The van der Waals surface area contributed by atoms with E-state index < -0.39 is 49.3 Å².